The third-order valence-electron chi connectivity index (χ3n) is 4.12. The molecule has 0 aliphatic heterocycles. The molecule has 0 unspecified atom stereocenters. The molecule has 0 aliphatic rings. The van der Waals surface area contributed by atoms with Gasteiger partial charge in [-0.25, -0.2) is 0 Å². The van der Waals surface area contributed by atoms with Crippen molar-refractivity contribution in [2.75, 3.05) is 22.9 Å². The average Bonchev–Trinajstić information content (AvgIpc) is 2.80. The van der Waals surface area contributed by atoms with Crippen molar-refractivity contribution in [2.45, 2.75) is 0 Å². The number of anilines is 4. The first-order valence-corrected chi connectivity index (χ1v) is 28.9. The van der Waals surface area contributed by atoms with E-state index in [0.717, 1.165) is 22.7 Å². The van der Waals surface area contributed by atoms with Crippen molar-refractivity contribution >= 4 is 105 Å². The Morgan fingerprint density at radius 1 is 0.312 bits per heavy atom. The first-order chi connectivity index (χ1) is 15.5. The Kier molecular flexibility index (Phi) is 11.2. The number of hydrogen-bond acceptors (Lipinski definition) is 4. The zero-order chi connectivity index (χ0) is 22.8. The van der Waals surface area contributed by atoms with Crippen LogP contribution in [-0.4, -0.2) is 68.2 Å². The fraction of sp³-hybridized carbons (Fsp3) is 0. The predicted molar refractivity (Wildman–Crippen MR) is 145 cm³/mol. The zero-order valence-electron chi connectivity index (χ0n) is 17.2. The molecule has 0 radical (unpaired) electrons. The van der Waals surface area contributed by atoms with Crippen molar-refractivity contribution in [2.24, 2.45) is 0 Å². The van der Waals surface area contributed by atoms with Crippen LogP contribution in [0.3, 0.4) is 0 Å². The molecule has 8 N–H and O–H groups in total. The second kappa shape index (κ2) is 13.8. The molecule has 4 nitrogen and oxygen atoms in total. The van der Waals surface area contributed by atoms with Gasteiger partial charge < -0.3 is 0 Å². The van der Waals surface area contributed by atoms with Gasteiger partial charge in [-0.1, -0.05) is 0 Å². The van der Waals surface area contributed by atoms with Crippen molar-refractivity contribution in [1.82, 2.24) is 0 Å². The maximum atomic E-state index is 5.94. The molecule has 0 spiro atoms. The van der Waals surface area contributed by atoms with Crippen LogP contribution in [0.15, 0.2) is 97.1 Å². The number of nitrogen functional groups attached to an aromatic ring is 4. The van der Waals surface area contributed by atoms with E-state index in [9.17, 15) is 0 Å². The molecule has 0 saturated heterocycles. The SMILES string of the molecule is Nc1ccccc1[Te][Te]c1ccccc1N.Nc1ccccc1[Te][Te]c1ccccc1N. The zero-order valence-corrected chi connectivity index (χ0v) is 26.5. The Bertz CT molecular complexity index is 972. The van der Waals surface area contributed by atoms with Crippen LogP contribution < -0.4 is 37.4 Å². The predicted octanol–water partition coefficient (Wildman–Crippen LogP) is 0.250. The van der Waals surface area contributed by atoms with Gasteiger partial charge >= 0.3 is 225 Å². The summed E-state index contributed by atoms with van der Waals surface area (Å²) < 4.78 is 5.49. The van der Waals surface area contributed by atoms with E-state index in [2.05, 4.69) is 48.5 Å². The quantitative estimate of drug-likeness (QED) is 0.165. The summed E-state index contributed by atoms with van der Waals surface area (Å²) in [4.78, 5) is 0. The Labute approximate surface area is 222 Å². The van der Waals surface area contributed by atoms with Crippen LogP contribution in [0.1, 0.15) is 0 Å². The molecule has 0 atom stereocenters. The summed E-state index contributed by atoms with van der Waals surface area (Å²) in [6, 6.07) is 32.8. The summed E-state index contributed by atoms with van der Waals surface area (Å²) in [5, 5.41) is 0. The van der Waals surface area contributed by atoms with E-state index in [1.165, 1.54) is 14.4 Å². The monoisotopic (exact) mass is 888 g/mol. The fourth-order valence-corrected chi connectivity index (χ4v) is 25.3. The molecular weight excluding hydrogens is 855 g/mol. The summed E-state index contributed by atoms with van der Waals surface area (Å²) in [7, 11) is 0. The minimum absolute atomic E-state index is 0.152. The van der Waals surface area contributed by atoms with Crippen LogP contribution in [0, 0.1) is 0 Å². The minimum atomic E-state index is -0.152. The Hall–Kier alpha value is -0.762. The van der Waals surface area contributed by atoms with Gasteiger partial charge in [0.1, 0.15) is 0 Å². The molecule has 0 aliphatic carbocycles. The van der Waals surface area contributed by atoms with Crippen LogP contribution in [0.4, 0.5) is 22.7 Å². The molecule has 8 heteroatoms. The third-order valence-corrected chi connectivity index (χ3v) is 27.8. The fourth-order valence-electron chi connectivity index (χ4n) is 2.41. The summed E-state index contributed by atoms with van der Waals surface area (Å²) in [5.74, 6) is 0. The van der Waals surface area contributed by atoms with Gasteiger partial charge in [0.2, 0.25) is 0 Å². The molecule has 4 aromatic rings. The van der Waals surface area contributed by atoms with Gasteiger partial charge in [0.15, 0.2) is 0 Å². The molecular formula is C24H24N4Te4. The molecule has 0 amide bonds. The summed E-state index contributed by atoms with van der Waals surface area (Å²) in [5.41, 5.74) is 27.6. The van der Waals surface area contributed by atoms with Crippen LogP contribution in [-0.2, 0) is 0 Å². The van der Waals surface area contributed by atoms with Crippen molar-refractivity contribution in [3.05, 3.63) is 97.1 Å². The third kappa shape index (κ3) is 8.23. The van der Waals surface area contributed by atoms with Crippen LogP contribution in [0.5, 0.6) is 0 Å². The molecule has 4 aromatic carbocycles. The van der Waals surface area contributed by atoms with Crippen molar-refractivity contribution in [3.8, 4) is 0 Å². The number of para-hydroxylation sites is 4. The van der Waals surface area contributed by atoms with Gasteiger partial charge in [-0.2, -0.15) is 0 Å². The molecule has 0 heterocycles. The number of nitrogens with two attached hydrogens (primary N) is 4. The van der Waals surface area contributed by atoms with E-state index in [4.69, 9.17) is 22.9 Å². The van der Waals surface area contributed by atoms with E-state index in [1.54, 1.807) is 0 Å². The maximum absolute atomic E-state index is 5.94. The van der Waals surface area contributed by atoms with E-state index in [-0.39, 0.29) is 68.2 Å². The van der Waals surface area contributed by atoms with Crippen LogP contribution in [0.2, 0.25) is 0 Å². The van der Waals surface area contributed by atoms with Crippen LogP contribution >= 0.6 is 0 Å². The van der Waals surface area contributed by atoms with Gasteiger partial charge in [0, 0.05) is 0 Å². The molecule has 0 aromatic heterocycles. The van der Waals surface area contributed by atoms with Gasteiger partial charge in [0.25, 0.3) is 0 Å². The van der Waals surface area contributed by atoms with Crippen LogP contribution in [0.25, 0.3) is 0 Å². The Balaban J connectivity index is 0.000000181. The standard InChI is InChI=1S/2C12H12N2Te2/c2*13-9-5-1-3-7-11(9)15-16-12-8-4-2-6-10(12)14/h2*1-8H,13-14H2. The van der Waals surface area contributed by atoms with Crippen molar-refractivity contribution in [1.29, 1.82) is 0 Å². The topological polar surface area (TPSA) is 104 Å². The number of hydrogen-bond donors (Lipinski definition) is 4. The summed E-state index contributed by atoms with van der Waals surface area (Å²) >= 11 is -0.608. The summed E-state index contributed by atoms with van der Waals surface area (Å²) in [6.07, 6.45) is 0. The van der Waals surface area contributed by atoms with E-state index < -0.39 is 0 Å². The Morgan fingerprint density at radius 2 is 0.500 bits per heavy atom. The van der Waals surface area contributed by atoms with Crippen molar-refractivity contribution < 1.29 is 0 Å². The molecule has 164 valence electrons. The van der Waals surface area contributed by atoms with Gasteiger partial charge in [0.05, 0.1) is 0 Å². The summed E-state index contributed by atoms with van der Waals surface area (Å²) in [6.45, 7) is 0. The number of rotatable bonds is 6. The van der Waals surface area contributed by atoms with Crippen molar-refractivity contribution in [3.63, 3.8) is 0 Å². The van der Waals surface area contributed by atoms with Gasteiger partial charge in [-0.3, -0.25) is 0 Å². The molecule has 4 rings (SSSR count). The first kappa shape index (κ1) is 25.9. The average molecular weight is 879 g/mol. The number of benzene rings is 4. The van der Waals surface area contributed by atoms with Gasteiger partial charge in [-0.05, 0) is 0 Å². The molecule has 0 saturated carbocycles. The normalized spacial score (nSPS) is 10.2. The molecule has 0 fully saturated rings. The van der Waals surface area contributed by atoms with Gasteiger partial charge in [-0.15, -0.1) is 0 Å². The Morgan fingerprint density at radius 3 is 0.688 bits per heavy atom. The first-order valence-electron chi connectivity index (χ1n) is 9.61. The molecule has 0 bridgehead atoms. The second-order valence-electron chi connectivity index (χ2n) is 6.48. The van der Waals surface area contributed by atoms with E-state index in [1.807, 2.05) is 48.5 Å². The second-order valence-corrected chi connectivity index (χ2v) is 26.2. The van der Waals surface area contributed by atoms with E-state index >= 15 is 0 Å². The molecule has 32 heavy (non-hydrogen) atoms. The van der Waals surface area contributed by atoms with E-state index in [0.29, 0.717) is 0 Å².